The summed E-state index contributed by atoms with van der Waals surface area (Å²) in [6.07, 6.45) is 2.15. The van der Waals surface area contributed by atoms with Gasteiger partial charge in [-0.25, -0.2) is 0 Å². The van der Waals surface area contributed by atoms with Crippen LogP contribution in [0.25, 0.3) is 0 Å². The number of furan rings is 1. The molecule has 0 bridgehead atoms. The van der Waals surface area contributed by atoms with Gasteiger partial charge in [0.2, 0.25) is 0 Å². The highest BCUT2D eigenvalue weighted by Gasteiger charge is 2.19. The Labute approximate surface area is 108 Å². The lowest BCUT2D eigenvalue weighted by Crippen LogP contribution is -2.45. The van der Waals surface area contributed by atoms with Gasteiger partial charge < -0.3 is 15.1 Å². The Morgan fingerprint density at radius 3 is 2.82 bits per heavy atom. The molecule has 1 aliphatic heterocycles. The van der Waals surface area contributed by atoms with E-state index in [0.29, 0.717) is 5.76 Å². The first kappa shape index (κ1) is 14.1. The smallest absolute Gasteiger partial charge is 0.287 e. The van der Waals surface area contributed by atoms with Crippen LogP contribution in [0.2, 0.25) is 0 Å². The Morgan fingerprint density at radius 1 is 1.53 bits per heavy atom. The number of hydrogen-bond acceptors (Lipinski definition) is 3. The molecule has 5 heteroatoms. The van der Waals surface area contributed by atoms with Gasteiger partial charge in [-0.05, 0) is 39.3 Å². The maximum Gasteiger partial charge on any atom is 0.287 e. The second-order valence-corrected chi connectivity index (χ2v) is 4.39. The molecule has 2 N–H and O–H groups in total. The Balaban J connectivity index is 0.00000144. The average Bonchev–Trinajstić information content (AvgIpc) is 2.59. The second kappa shape index (κ2) is 6.07. The molecule has 1 aromatic heterocycles. The summed E-state index contributed by atoms with van der Waals surface area (Å²) in [5, 5.41) is 6.26. The lowest BCUT2D eigenvalue weighted by Gasteiger charge is -2.23. The van der Waals surface area contributed by atoms with Crippen LogP contribution in [0, 0.1) is 13.8 Å². The van der Waals surface area contributed by atoms with Crippen LogP contribution in [-0.4, -0.2) is 25.0 Å². The van der Waals surface area contributed by atoms with Gasteiger partial charge in [-0.2, -0.15) is 0 Å². The van der Waals surface area contributed by atoms with Crippen molar-refractivity contribution in [2.75, 3.05) is 13.1 Å². The van der Waals surface area contributed by atoms with Crippen LogP contribution in [0.15, 0.2) is 10.5 Å². The summed E-state index contributed by atoms with van der Waals surface area (Å²) in [6.45, 7) is 5.65. The molecule has 0 saturated carbocycles. The van der Waals surface area contributed by atoms with Gasteiger partial charge in [-0.1, -0.05) is 0 Å². The average molecular weight is 259 g/mol. The number of carbonyl (C=O) groups is 1. The third-order valence-electron chi connectivity index (χ3n) is 2.88. The van der Waals surface area contributed by atoms with Gasteiger partial charge in [-0.15, -0.1) is 12.4 Å². The number of aryl methyl sites for hydroxylation is 2. The number of rotatable bonds is 2. The Bertz CT molecular complexity index is 384. The number of amides is 1. The van der Waals surface area contributed by atoms with E-state index >= 15 is 0 Å². The molecule has 0 aromatic carbocycles. The topological polar surface area (TPSA) is 54.3 Å². The van der Waals surface area contributed by atoms with E-state index in [1.54, 1.807) is 0 Å². The van der Waals surface area contributed by atoms with E-state index in [-0.39, 0.29) is 24.4 Å². The quantitative estimate of drug-likeness (QED) is 0.851. The summed E-state index contributed by atoms with van der Waals surface area (Å²) in [4.78, 5) is 11.9. The normalized spacial score (nSPS) is 19.5. The van der Waals surface area contributed by atoms with Gasteiger partial charge in [0.25, 0.3) is 5.91 Å². The third-order valence-corrected chi connectivity index (χ3v) is 2.88. The van der Waals surface area contributed by atoms with E-state index in [0.717, 1.165) is 37.3 Å². The van der Waals surface area contributed by atoms with Crippen LogP contribution < -0.4 is 10.6 Å². The molecular weight excluding hydrogens is 240 g/mol. The molecule has 17 heavy (non-hydrogen) atoms. The fourth-order valence-corrected chi connectivity index (χ4v) is 2.09. The molecule has 0 unspecified atom stereocenters. The SMILES string of the molecule is Cc1cc(C)c(C(=O)N[C@H]2CCCNC2)o1.Cl. The fourth-order valence-electron chi connectivity index (χ4n) is 2.09. The predicted molar refractivity (Wildman–Crippen MR) is 68.8 cm³/mol. The molecule has 1 fully saturated rings. The summed E-state index contributed by atoms with van der Waals surface area (Å²) in [6, 6.07) is 2.11. The standard InChI is InChI=1S/C12H18N2O2.ClH/c1-8-6-9(2)16-11(8)12(15)14-10-4-3-5-13-7-10;/h6,10,13H,3-5,7H2,1-2H3,(H,14,15);1H/t10-;/m0./s1. The van der Waals surface area contributed by atoms with Crippen LogP contribution in [0.5, 0.6) is 0 Å². The van der Waals surface area contributed by atoms with Crippen molar-refractivity contribution in [2.45, 2.75) is 32.7 Å². The van der Waals surface area contributed by atoms with E-state index in [4.69, 9.17) is 4.42 Å². The number of nitrogens with one attached hydrogen (secondary N) is 2. The zero-order valence-electron chi connectivity index (χ0n) is 10.2. The zero-order chi connectivity index (χ0) is 11.5. The molecule has 1 saturated heterocycles. The van der Waals surface area contributed by atoms with Crippen LogP contribution in [0.3, 0.4) is 0 Å². The van der Waals surface area contributed by atoms with Crippen LogP contribution in [0.4, 0.5) is 0 Å². The molecule has 4 nitrogen and oxygen atoms in total. The second-order valence-electron chi connectivity index (χ2n) is 4.39. The first-order chi connectivity index (χ1) is 7.66. The van der Waals surface area contributed by atoms with E-state index in [1.807, 2.05) is 19.9 Å². The van der Waals surface area contributed by atoms with Gasteiger partial charge in [-0.3, -0.25) is 4.79 Å². The first-order valence-corrected chi connectivity index (χ1v) is 5.75. The molecule has 1 amide bonds. The van der Waals surface area contributed by atoms with Crippen molar-refractivity contribution >= 4 is 18.3 Å². The van der Waals surface area contributed by atoms with E-state index < -0.39 is 0 Å². The summed E-state index contributed by atoms with van der Waals surface area (Å²) in [7, 11) is 0. The minimum absolute atomic E-state index is 0. The Kier molecular flexibility index (Phi) is 5.02. The van der Waals surface area contributed by atoms with Gasteiger partial charge in [0, 0.05) is 18.2 Å². The molecule has 96 valence electrons. The van der Waals surface area contributed by atoms with Gasteiger partial charge in [0.1, 0.15) is 5.76 Å². The van der Waals surface area contributed by atoms with E-state index in [1.165, 1.54) is 0 Å². The molecule has 2 heterocycles. The van der Waals surface area contributed by atoms with Crippen molar-refractivity contribution in [3.05, 3.63) is 23.2 Å². The lowest BCUT2D eigenvalue weighted by atomic mass is 10.1. The number of carbonyl (C=O) groups excluding carboxylic acids is 1. The molecule has 1 aromatic rings. The highest BCUT2D eigenvalue weighted by atomic mass is 35.5. The van der Waals surface area contributed by atoms with E-state index in [9.17, 15) is 4.79 Å². The minimum Gasteiger partial charge on any atom is -0.456 e. The maximum atomic E-state index is 11.9. The van der Waals surface area contributed by atoms with Gasteiger partial charge in [0.15, 0.2) is 5.76 Å². The highest BCUT2D eigenvalue weighted by Crippen LogP contribution is 2.14. The summed E-state index contributed by atoms with van der Waals surface area (Å²) in [5.74, 6) is 1.13. The number of hydrogen-bond donors (Lipinski definition) is 2. The van der Waals surface area contributed by atoms with Crippen molar-refractivity contribution in [1.82, 2.24) is 10.6 Å². The zero-order valence-corrected chi connectivity index (χ0v) is 11.0. The molecule has 0 radical (unpaired) electrons. The highest BCUT2D eigenvalue weighted by molar-refractivity contribution is 5.93. The molecule has 1 aliphatic rings. The molecule has 2 rings (SSSR count). The van der Waals surface area contributed by atoms with Crippen molar-refractivity contribution in [2.24, 2.45) is 0 Å². The van der Waals surface area contributed by atoms with E-state index in [2.05, 4.69) is 10.6 Å². The number of piperidine rings is 1. The van der Waals surface area contributed by atoms with Crippen LogP contribution in [-0.2, 0) is 0 Å². The van der Waals surface area contributed by atoms with Crippen LogP contribution in [0.1, 0.15) is 34.7 Å². The Hall–Kier alpha value is -1.00. The predicted octanol–water partition coefficient (Wildman–Crippen LogP) is 1.80. The summed E-state index contributed by atoms with van der Waals surface area (Å²) < 4.78 is 5.39. The summed E-state index contributed by atoms with van der Waals surface area (Å²) >= 11 is 0. The van der Waals surface area contributed by atoms with Crippen LogP contribution >= 0.6 is 12.4 Å². The largest absolute Gasteiger partial charge is 0.456 e. The Morgan fingerprint density at radius 2 is 2.29 bits per heavy atom. The monoisotopic (exact) mass is 258 g/mol. The van der Waals surface area contributed by atoms with Crippen molar-refractivity contribution in [3.63, 3.8) is 0 Å². The molecule has 1 atom stereocenters. The summed E-state index contributed by atoms with van der Waals surface area (Å²) in [5.41, 5.74) is 0.902. The minimum atomic E-state index is -0.0979. The van der Waals surface area contributed by atoms with Gasteiger partial charge in [0.05, 0.1) is 0 Å². The molecule has 0 spiro atoms. The van der Waals surface area contributed by atoms with Gasteiger partial charge >= 0.3 is 0 Å². The fraction of sp³-hybridized carbons (Fsp3) is 0.583. The maximum absolute atomic E-state index is 11.9. The molecule has 0 aliphatic carbocycles. The number of halogens is 1. The molecular formula is C12H19ClN2O2. The van der Waals surface area contributed by atoms with Crippen molar-refractivity contribution in [3.8, 4) is 0 Å². The lowest BCUT2D eigenvalue weighted by molar-refractivity contribution is 0.0900. The first-order valence-electron chi connectivity index (χ1n) is 5.75. The third kappa shape index (κ3) is 3.48. The van der Waals surface area contributed by atoms with Crippen molar-refractivity contribution in [1.29, 1.82) is 0 Å². The van der Waals surface area contributed by atoms with Crippen molar-refractivity contribution < 1.29 is 9.21 Å².